The van der Waals surface area contributed by atoms with Crippen molar-refractivity contribution in [3.8, 4) is 0 Å². The molecule has 0 amide bonds. The van der Waals surface area contributed by atoms with E-state index >= 15 is 0 Å². The number of nitrogens with one attached hydrogen (secondary N) is 2. The SMILES string of the molecule is Cc1ccc(S(=O)(=O)Nc2ccc(S(=O)(=O)Nc3cccc4ccccc34)cc2)cc1[N+](=O)[O-]. The van der Waals surface area contributed by atoms with E-state index in [1.807, 2.05) is 24.3 Å². The molecule has 0 heterocycles. The number of sulfonamides is 2. The molecule has 0 saturated carbocycles. The standard InChI is InChI=1S/C23H19N3O6S2/c1-16-9-12-20(15-23(16)26(27)28)34(31,32)24-18-10-13-19(14-11-18)33(29,30)25-22-8-4-6-17-5-2-3-7-21(17)22/h2-15,24-25H,1H3. The van der Waals surface area contributed by atoms with Gasteiger partial charge in [-0.15, -0.1) is 0 Å². The summed E-state index contributed by atoms with van der Waals surface area (Å²) in [5.74, 6) is 0. The zero-order valence-electron chi connectivity index (χ0n) is 17.8. The first-order valence-electron chi connectivity index (χ1n) is 9.95. The molecule has 0 aliphatic carbocycles. The third kappa shape index (κ3) is 4.70. The zero-order chi connectivity index (χ0) is 24.5. The van der Waals surface area contributed by atoms with Crippen LogP contribution in [-0.2, 0) is 20.0 Å². The Balaban J connectivity index is 1.57. The van der Waals surface area contributed by atoms with Crippen LogP contribution < -0.4 is 9.44 Å². The second-order valence-electron chi connectivity index (χ2n) is 7.47. The Labute approximate surface area is 196 Å². The number of nitrogens with zero attached hydrogens (tertiary/aromatic N) is 1. The predicted molar refractivity (Wildman–Crippen MR) is 130 cm³/mol. The number of hydrogen-bond donors (Lipinski definition) is 2. The molecular formula is C23H19N3O6S2. The molecule has 0 spiro atoms. The fraction of sp³-hybridized carbons (Fsp3) is 0.0435. The number of aryl methyl sites for hydroxylation is 1. The van der Waals surface area contributed by atoms with E-state index < -0.39 is 25.0 Å². The van der Waals surface area contributed by atoms with Crippen LogP contribution in [0.5, 0.6) is 0 Å². The van der Waals surface area contributed by atoms with Gasteiger partial charge in [-0.05, 0) is 48.7 Å². The second kappa shape index (κ2) is 8.76. The number of nitro benzene ring substituents is 1. The molecule has 0 radical (unpaired) electrons. The van der Waals surface area contributed by atoms with Gasteiger partial charge in [-0.2, -0.15) is 0 Å². The Bertz CT molecular complexity index is 1610. The van der Waals surface area contributed by atoms with Crippen LogP contribution in [0.4, 0.5) is 17.1 Å². The van der Waals surface area contributed by atoms with Gasteiger partial charge in [-0.25, -0.2) is 16.8 Å². The molecular weight excluding hydrogens is 478 g/mol. The number of nitro groups is 1. The zero-order valence-corrected chi connectivity index (χ0v) is 19.4. The molecule has 11 heteroatoms. The van der Waals surface area contributed by atoms with Crippen molar-refractivity contribution in [2.45, 2.75) is 16.7 Å². The van der Waals surface area contributed by atoms with E-state index in [9.17, 15) is 26.9 Å². The highest BCUT2D eigenvalue weighted by Gasteiger charge is 2.21. The third-order valence-electron chi connectivity index (χ3n) is 5.14. The fourth-order valence-corrected chi connectivity index (χ4v) is 5.55. The molecule has 9 nitrogen and oxygen atoms in total. The van der Waals surface area contributed by atoms with E-state index in [2.05, 4.69) is 9.44 Å². The number of anilines is 2. The van der Waals surface area contributed by atoms with E-state index in [4.69, 9.17) is 0 Å². The van der Waals surface area contributed by atoms with Gasteiger partial charge in [0.2, 0.25) is 0 Å². The monoisotopic (exact) mass is 497 g/mol. The number of benzene rings is 4. The van der Waals surface area contributed by atoms with Gasteiger partial charge in [0.1, 0.15) is 0 Å². The number of hydrogen-bond acceptors (Lipinski definition) is 6. The van der Waals surface area contributed by atoms with Crippen molar-refractivity contribution >= 4 is 47.9 Å². The van der Waals surface area contributed by atoms with Crippen molar-refractivity contribution in [1.82, 2.24) is 0 Å². The van der Waals surface area contributed by atoms with Gasteiger partial charge in [-0.3, -0.25) is 19.6 Å². The van der Waals surface area contributed by atoms with Crippen LogP contribution in [0.15, 0.2) is 94.7 Å². The van der Waals surface area contributed by atoms with Crippen LogP contribution in [-0.4, -0.2) is 21.8 Å². The highest BCUT2D eigenvalue weighted by molar-refractivity contribution is 7.93. The van der Waals surface area contributed by atoms with Crippen molar-refractivity contribution in [1.29, 1.82) is 0 Å². The van der Waals surface area contributed by atoms with Gasteiger partial charge in [0, 0.05) is 22.7 Å². The average Bonchev–Trinajstić information content (AvgIpc) is 2.79. The third-order valence-corrected chi connectivity index (χ3v) is 7.90. The molecule has 0 atom stereocenters. The van der Waals surface area contributed by atoms with E-state index in [-0.39, 0.29) is 21.2 Å². The molecule has 4 aromatic carbocycles. The first-order chi connectivity index (χ1) is 16.1. The maximum atomic E-state index is 12.9. The van der Waals surface area contributed by atoms with Crippen molar-refractivity contribution in [3.05, 3.63) is 101 Å². The smallest absolute Gasteiger partial charge is 0.273 e. The molecule has 2 N–H and O–H groups in total. The molecule has 4 aromatic rings. The molecule has 0 aliphatic heterocycles. The molecule has 0 unspecified atom stereocenters. The van der Waals surface area contributed by atoms with Crippen molar-refractivity contribution in [3.63, 3.8) is 0 Å². The van der Waals surface area contributed by atoms with Gasteiger partial charge < -0.3 is 0 Å². The van der Waals surface area contributed by atoms with Gasteiger partial charge >= 0.3 is 0 Å². The summed E-state index contributed by atoms with van der Waals surface area (Å²) in [7, 11) is -8.07. The van der Waals surface area contributed by atoms with E-state index in [0.29, 0.717) is 11.3 Å². The Morgan fingerprint density at radius 3 is 2.06 bits per heavy atom. The summed E-state index contributed by atoms with van der Waals surface area (Å²) in [5.41, 5.74) is 0.539. The lowest BCUT2D eigenvalue weighted by Gasteiger charge is -2.12. The summed E-state index contributed by atoms with van der Waals surface area (Å²) in [6.45, 7) is 1.51. The summed E-state index contributed by atoms with van der Waals surface area (Å²) in [4.78, 5) is 10.1. The summed E-state index contributed by atoms with van der Waals surface area (Å²) in [6.07, 6.45) is 0. The summed E-state index contributed by atoms with van der Waals surface area (Å²) in [6, 6.07) is 21.3. The fourth-order valence-electron chi connectivity index (χ4n) is 3.39. The maximum Gasteiger partial charge on any atom is 0.273 e. The minimum atomic E-state index is -4.13. The normalized spacial score (nSPS) is 11.8. The highest BCUT2D eigenvalue weighted by Crippen LogP contribution is 2.27. The van der Waals surface area contributed by atoms with Crippen molar-refractivity contribution in [2.24, 2.45) is 0 Å². The second-order valence-corrected chi connectivity index (χ2v) is 10.8. The van der Waals surface area contributed by atoms with E-state index in [0.717, 1.165) is 16.8 Å². The lowest BCUT2D eigenvalue weighted by atomic mass is 10.1. The first kappa shape index (κ1) is 23.2. The molecule has 0 aliphatic rings. The molecule has 34 heavy (non-hydrogen) atoms. The largest absolute Gasteiger partial charge is 0.280 e. The average molecular weight is 498 g/mol. The lowest BCUT2D eigenvalue weighted by Crippen LogP contribution is -2.15. The van der Waals surface area contributed by atoms with Crippen LogP contribution in [0.2, 0.25) is 0 Å². The van der Waals surface area contributed by atoms with Gasteiger partial charge in [0.05, 0.1) is 20.4 Å². The van der Waals surface area contributed by atoms with Crippen molar-refractivity contribution in [2.75, 3.05) is 9.44 Å². The molecule has 4 rings (SSSR count). The van der Waals surface area contributed by atoms with Crippen LogP contribution in [0, 0.1) is 17.0 Å². The minimum Gasteiger partial charge on any atom is -0.280 e. The van der Waals surface area contributed by atoms with Gasteiger partial charge in [-0.1, -0.05) is 42.5 Å². The first-order valence-corrected chi connectivity index (χ1v) is 12.9. The molecule has 0 fully saturated rings. The topological polar surface area (TPSA) is 135 Å². The molecule has 0 saturated heterocycles. The molecule has 174 valence electrons. The van der Waals surface area contributed by atoms with E-state index in [1.54, 1.807) is 18.2 Å². The summed E-state index contributed by atoms with van der Waals surface area (Å²) < 4.78 is 56.0. The highest BCUT2D eigenvalue weighted by atomic mass is 32.2. The Morgan fingerprint density at radius 2 is 1.35 bits per heavy atom. The summed E-state index contributed by atoms with van der Waals surface area (Å²) >= 11 is 0. The number of rotatable bonds is 7. The van der Waals surface area contributed by atoms with Gasteiger partial charge in [0.25, 0.3) is 25.7 Å². The maximum absolute atomic E-state index is 12.9. The van der Waals surface area contributed by atoms with Crippen molar-refractivity contribution < 1.29 is 21.8 Å². The van der Waals surface area contributed by atoms with Gasteiger partial charge in [0.15, 0.2) is 0 Å². The summed E-state index contributed by atoms with van der Waals surface area (Å²) in [5, 5.41) is 12.7. The molecule has 0 bridgehead atoms. The minimum absolute atomic E-state index is 0.0608. The van der Waals surface area contributed by atoms with Crippen LogP contribution >= 0.6 is 0 Å². The Hall–Kier alpha value is -3.96. The quantitative estimate of drug-likeness (QED) is 0.282. The van der Waals surface area contributed by atoms with Crippen LogP contribution in [0.25, 0.3) is 10.8 Å². The number of fused-ring (bicyclic) bond motifs is 1. The Kier molecular flexibility index (Phi) is 5.98. The predicted octanol–water partition coefficient (Wildman–Crippen LogP) is 4.66. The van der Waals surface area contributed by atoms with Crippen LogP contribution in [0.1, 0.15) is 5.56 Å². The Morgan fingerprint density at radius 1 is 0.735 bits per heavy atom. The van der Waals surface area contributed by atoms with Crippen LogP contribution in [0.3, 0.4) is 0 Å². The molecule has 0 aromatic heterocycles. The van der Waals surface area contributed by atoms with E-state index in [1.165, 1.54) is 43.3 Å². The lowest BCUT2D eigenvalue weighted by molar-refractivity contribution is -0.385.